The van der Waals surface area contributed by atoms with Crippen molar-refractivity contribution in [2.24, 2.45) is 17.8 Å². The summed E-state index contributed by atoms with van der Waals surface area (Å²) in [6, 6.07) is -0.705. The van der Waals surface area contributed by atoms with Crippen molar-refractivity contribution < 1.29 is 9.59 Å². The van der Waals surface area contributed by atoms with Crippen molar-refractivity contribution in [3.63, 3.8) is 0 Å². The number of rotatable bonds is 5. The lowest BCUT2D eigenvalue weighted by molar-refractivity contribution is -0.160. The monoisotopic (exact) mass is 294 g/mol. The zero-order valence-electron chi connectivity index (χ0n) is 14.3. The summed E-state index contributed by atoms with van der Waals surface area (Å²) in [5, 5.41) is 2.98. The fourth-order valence-electron chi connectivity index (χ4n) is 3.56. The molecule has 1 aliphatic carbocycles. The SMILES string of the molecule is CCC(C)C1NC(=O)C(C(C)C)N(C(C)(C)C2CC2)C1=O. The van der Waals surface area contributed by atoms with Gasteiger partial charge in [-0.15, -0.1) is 0 Å². The quantitative estimate of drug-likeness (QED) is 0.847. The Morgan fingerprint density at radius 2 is 1.81 bits per heavy atom. The molecule has 2 fully saturated rings. The summed E-state index contributed by atoms with van der Waals surface area (Å²) in [4.78, 5) is 27.6. The van der Waals surface area contributed by atoms with Crippen LogP contribution in [0.1, 0.15) is 60.8 Å². The van der Waals surface area contributed by atoms with E-state index in [0.717, 1.165) is 19.3 Å². The molecule has 0 bridgehead atoms. The van der Waals surface area contributed by atoms with E-state index in [1.165, 1.54) is 0 Å². The lowest BCUT2D eigenvalue weighted by Crippen LogP contribution is -2.71. The third-order valence-electron chi connectivity index (χ3n) is 5.39. The predicted octanol–water partition coefficient (Wildman–Crippen LogP) is 2.57. The van der Waals surface area contributed by atoms with E-state index in [4.69, 9.17) is 0 Å². The molecule has 3 atom stereocenters. The second-order valence-corrected chi connectivity index (χ2v) is 7.70. The van der Waals surface area contributed by atoms with E-state index in [-0.39, 0.29) is 41.3 Å². The third-order valence-corrected chi connectivity index (χ3v) is 5.39. The normalized spacial score (nSPS) is 28.8. The van der Waals surface area contributed by atoms with Crippen LogP contribution < -0.4 is 5.32 Å². The minimum atomic E-state index is -0.365. The van der Waals surface area contributed by atoms with Crippen LogP contribution >= 0.6 is 0 Å². The van der Waals surface area contributed by atoms with Gasteiger partial charge in [0.1, 0.15) is 12.1 Å². The highest BCUT2D eigenvalue weighted by Gasteiger charge is 2.53. The summed E-state index contributed by atoms with van der Waals surface area (Å²) in [5.41, 5.74) is -0.227. The Balaban J connectivity index is 2.37. The number of piperazine rings is 1. The molecule has 3 unspecified atom stereocenters. The van der Waals surface area contributed by atoms with Crippen LogP contribution in [0.5, 0.6) is 0 Å². The largest absolute Gasteiger partial charge is 0.342 e. The minimum Gasteiger partial charge on any atom is -0.342 e. The molecule has 1 N–H and O–H groups in total. The summed E-state index contributed by atoms with van der Waals surface area (Å²) >= 11 is 0. The smallest absolute Gasteiger partial charge is 0.246 e. The summed E-state index contributed by atoms with van der Waals surface area (Å²) in [7, 11) is 0. The molecule has 120 valence electrons. The van der Waals surface area contributed by atoms with Crippen molar-refractivity contribution >= 4 is 11.8 Å². The van der Waals surface area contributed by atoms with Crippen molar-refractivity contribution in [3.05, 3.63) is 0 Å². The van der Waals surface area contributed by atoms with E-state index in [1.807, 2.05) is 25.7 Å². The van der Waals surface area contributed by atoms with Crippen LogP contribution in [0.3, 0.4) is 0 Å². The molecule has 1 heterocycles. The standard InChI is InChI=1S/C17H30N2O2/c1-7-11(4)13-16(21)19(17(5,6)12-8-9-12)14(10(2)3)15(20)18-13/h10-14H,7-9H2,1-6H3,(H,18,20). The Kier molecular flexibility index (Phi) is 4.36. The van der Waals surface area contributed by atoms with Gasteiger partial charge in [0.05, 0.1) is 0 Å². The summed E-state index contributed by atoms with van der Waals surface area (Å²) < 4.78 is 0. The second kappa shape index (κ2) is 5.62. The second-order valence-electron chi connectivity index (χ2n) is 7.70. The number of carbonyl (C=O) groups is 2. The van der Waals surface area contributed by atoms with Crippen molar-refractivity contribution in [2.75, 3.05) is 0 Å². The molecule has 4 nitrogen and oxygen atoms in total. The lowest BCUT2D eigenvalue weighted by atomic mass is 9.84. The number of nitrogens with zero attached hydrogens (tertiary/aromatic N) is 1. The molecular weight excluding hydrogens is 264 g/mol. The molecule has 1 saturated carbocycles. The molecule has 2 amide bonds. The first-order chi connectivity index (χ1) is 9.71. The zero-order valence-corrected chi connectivity index (χ0v) is 14.3. The van der Waals surface area contributed by atoms with E-state index < -0.39 is 0 Å². The van der Waals surface area contributed by atoms with Gasteiger partial charge in [-0.1, -0.05) is 34.1 Å². The fraction of sp³-hybridized carbons (Fsp3) is 0.882. The van der Waals surface area contributed by atoms with Gasteiger partial charge in [0, 0.05) is 5.54 Å². The molecule has 0 aromatic rings. The zero-order chi connectivity index (χ0) is 15.9. The van der Waals surface area contributed by atoms with Gasteiger partial charge < -0.3 is 10.2 Å². The first kappa shape index (κ1) is 16.3. The number of carbonyl (C=O) groups excluding carboxylic acids is 2. The van der Waals surface area contributed by atoms with Crippen molar-refractivity contribution in [1.82, 2.24) is 10.2 Å². The van der Waals surface area contributed by atoms with Gasteiger partial charge in [0.15, 0.2) is 0 Å². The van der Waals surface area contributed by atoms with E-state index in [9.17, 15) is 9.59 Å². The van der Waals surface area contributed by atoms with Crippen LogP contribution in [0.15, 0.2) is 0 Å². The molecule has 0 aromatic heterocycles. The molecule has 2 rings (SSSR count). The van der Waals surface area contributed by atoms with E-state index in [0.29, 0.717) is 5.92 Å². The molecule has 0 radical (unpaired) electrons. The van der Waals surface area contributed by atoms with Crippen molar-refractivity contribution in [1.29, 1.82) is 0 Å². The van der Waals surface area contributed by atoms with Crippen LogP contribution in [0.4, 0.5) is 0 Å². The minimum absolute atomic E-state index is 0.0172. The Morgan fingerprint density at radius 1 is 1.24 bits per heavy atom. The number of hydrogen-bond acceptors (Lipinski definition) is 2. The van der Waals surface area contributed by atoms with Crippen LogP contribution in [-0.4, -0.2) is 34.3 Å². The summed E-state index contributed by atoms with van der Waals surface area (Å²) in [5.74, 6) is 0.964. The number of hydrogen-bond donors (Lipinski definition) is 1. The molecular formula is C17H30N2O2. The van der Waals surface area contributed by atoms with E-state index in [1.54, 1.807) is 0 Å². The van der Waals surface area contributed by atoms with Gasteiger partial charge in [0.25, 0.3) is 0 Å². The maximum absolute atomic E-state index is 13.1. The number of nitrogens with one attached hydrogen (secondary N) is 1. The van der Waals surface area contributed by atoms with Crippen molar-refractivity contribution in [2.45, 2.75) is 78.4 Å². The van der Waals surface area contributed by atoms with Gasteiger partial charge in [0.2, 0.25) is 11.8 Å². The maximum atomic E-state index is 13.1. The first-order valence-corrected chi connectivity index (χ1v) is 8.35. The van der Waals surface area contributed by atoms with Gasteiger partial charge >= 0.3 is 0 Å². The van der Waals surface area contributed by atoms with E-state index in [2.05, 4.69) is 26.1 Å². The Hall–Kier alpha value is -1.06. The molecule has 2 aliphatic rings. The highest BCUT2D eigenvalue weighted by Crippen LogP contribution is 2.45. The lowest BCUT2D eigenvalue weighted by Gasteiger charge is -2.50. The highest BCUT2D eigenvalue weighted by atomic mass is 16.2. The average Bonchev–Trinajstić information content (AvgIpc) is 3.23. The van der Waals surface area contributed by atoms with Gasteiger partial charge in [-0.2, -0.15) is 0 Å². The highest BCUT2D eigenvalue weighted by molar-refractivity contribution is 5.97. The summed E-state index contributed by atoms with van der Waals surface area (Å²) in [6.45, 7) is 12.4. The fourth-order valence-corrected chi connectivity index (χ4v) is 3.56. The molecule has 4 heteroatoms. The molecule has 0 spiro atoms. The summed E-state index contributed by atoms with van der Waals surface area (Å²) in [6.07, 6.45) is 3.22. The van der Waals surface area contributed by atoms with Crippen LogP contribution in [0.25, 0.3) is 0 Å². The first-order valence-electron chi connectivity index (χ1n) is 8.35. The molecule has 1 saturated heterocycles. The maximum Gasteiger partial charge on any atom is 0.246 e. The van der Waals surface area contributed by atoms with Crippen LogP contribution in [0, 0.1) is 17.8 Å². The number of amides is 2. The topological polar surface area (TPSA) is 49.4 Å². The Labute approximate surface area is 128 Å². The molecule has 1 aliphatic heterocycles. The van der Waals surface area contributed by atoms with Gasteiger partial charge in [-0.05, 0) is 44.4 Å². The van der Waals surface area contributed by atoms with Gasteiger partial charge in [-0.25, -0.2) is 0 Å². The van der Waals surface area contributed by atoms with Gasteiger partial charge in [-0.3, -0.25) is 9.59 Å². The predicted molar refractivity (Wildman–Crippen MR) is 83.7 cm³/mol. The van der Waals surface area contributed by atoms with Crippen LogP contribution in [-0.2, 0) is 9.59 Å². The Morgan fingerprint density at radius 3 is 2.24 bits per heavy atom. The van der Waals surface area contributed by atoms with Crippen molar-refractivity contribution in [3.8, 4) is 0 Å². The Bertz CT molecular complexity index is 427. The molecule has 21 heavy (non-hydrogen) atoms. The van der Waals surface area contributed by atoms with Crippen LogP contribution in [0.2, 0.25) is 0 Å². The average molecular weight is 294 g/mol. The third kappa shape index (κ3) is 2.82. The molecule has 0 aromatic carbocycles. The van der Waals surface area contributed by atoms with E-state index >= 15 is 0 Å².